The average molecular weight is 460 g/mol. The number of nitrogens with one attached hydrogen (secondary N) is 2. The highest BCUT2D eigenvalue weighted by atomic mass is 16.2. The van der Waals surface area contributed by atoms with Crippen LogP contribution in [0.2, 0.25) is 0 Å². The maximum atomic E-state index is 13.0. The van der Waals surface area contributed by atoms with Crippen molar-refractivity contribution in [3.05, 3.63) is 42.2 Å². The molecule has 3 aromatic rings. The fraction of sp³-hybridized carbons (Fsp3) is 0.500. The highest BCUT2D eigenvalue weighted by molar-refractivity contribution is 5.98. The van der Waals surface area contributed by atoms with Gasteiger partial charge in [-0.05, 0) is 69.4 Å². The van der Waals surface area contributed by atoms with E-state index in [-0.39, 0.29) is 11.4 Å². The maximum absolute atomic E-state index is 13.0. The van der Waals surface area contributed by atoms with Gasteiger partial charge < -0.3 is 25.0 Å². The molecule has 8 heteroatoms. The zero-order chi connectivity index (χ0) is 23.6. The zero-order valence-electron chi connectivity index (χ0n) is 20.4. The fourth-order valence-electron chi connectivity index (χ4n) is 6.04. The standard InChI is InChI=1S/C26H33N7O/c1-16-14-32(15-17(2)28-16)21-7-5-20(6-8-21)29-25-27-13-19-9-22(24(34)31(3)4)33(23(19)30-25)26-10-18(11-26)12-26/h5-9,13,16-18,28H,10-12,14-15H2,1-4H3,(H,27,29,30). The Balaban J connectivity index is 1.28. The summed E-state index contributed by atoms with van der Waals surface area (Å²) in [6.07, 6.45) is 5.25. The molecule has 4 fully saturated rings. The van der Waals surface area contributed by atoms with Gasteiger partial charge in [-0.3, -0.25) is 4.79 Å². The molecular formula is C26H33N7O. The Morgan fingerprint density at radius 1 is 1.12 bits per heavy atom. The van der Waals surface area contributed by atoms with E-state index in [9.17, 15) is 4.79 Å². The molecule has 2 atom stereocenters. The summed E-state index contributed by atoms with van der Waals surface area (Å²) in [6.45, 7) is 6.47. The number of carbonyl (C=O) groups excluding carboxylic acids is 1. The molecule has 2 N–H and O–H groups in total. The minimum Gasteiger partial charge on any atom is -0.368 e. The van der Waals surface area contributed by atoms with Crippen LogP contribution in [0.15, 0.2) is 36.5 Å². The molecule has 1 amide bonds. The van der Waals surface area contributed by atoms with Crippen molar-refractivity contribution in [3.8, 4) is 0 Å². The van der Waals surface area contributed by atoms with E-state index in [1.807, 2.05) is 12.3 Å². The molecule has 2 bridgehead atoms. The Morgan fingerprint density at radius 2 is 1.79 bits per heavy atom. The first-order valence-electron chi connectivity index (χ1n) is 12.3. The van der Waals surface area contributed by atoms with Crippen LogP contribution >= 0.6 is 0 Å². The van der Waals surface area contributed by atoms with Gasteiger partial charge in [-0.2, -0.15) is 4.98 Å². The SMILES string of the molecule is CC1CN(c2ccc(Nc3ncc4cc(C(=O)N(C)C)n(C56CC(C5)C6)c4n3)cc2)CC(C)N1. The summed E-state index contributed by atoms with van der Waals surface area (Å²) in [6, 6.07) is 11.4. The quantitative estimate of drug-likeness (QED) is 0.607. The number of fused-ring (bicyclic) bond motifs is 1. The first-order chi connectivity index (χ1) is 16.3. The Bertz CT molecular complexity index is 1220. The fourth-order valence-corrected chi connectivity index (χ4v) is 6.04. The van der Waals surface area contributed by atoms with E-state index in [2.05, 4.69) is 63.2 Å². The summed E-state index contributed by atoms with van der Waals surface area (Å²) in [5.41, 5.74) is 3.80. The van der Waals surface area contributed by atoms with Crippen LogP contribution in [0.4, 0.5) is 17.3 Å². The zero-order valence-corrected chi connectivity index (χ0v) is 20.4. The molecular weight excluding hydrogens is 426 g/mol. The lowest BCUT2D eigenvalue weighted by Crippen LogP contribution is -2.60. The van der Waals surface area contributed by atoms with Gasteiger partial charge in [0.15, 0.2) is 0 Å². The van der Waals surface area contributed by atoms with Crippen molar-refractivity contribution in [2.75, 3.05) is 37.4 Å². The number of piperazine rings is 1. The van der Waals surface area contributed by atoms with Gasteiger partial charge >= 0.3 is 0 Å². The number of benzene rings is 1. The van der Waals surface area contributed by atoms with Crippen LogP contribution < -0.4 is 15.5 Å². The maximum Gasteiger partial charge on any atom is 0.270 e. The van der Waals surface area contributed by atoms with E-state index in [1.54, 1.807) is 19.0 Å². The first kappa shape index (κ1) is 21.4. The van der Waals surface area contributed by atoms with E-state index in [0.717, 1.165) is 55.0 Å². The predicted octanol–water partition coefficient (Wildman–Crippen LogP) is 3.57. The van der Waals surface area contributed by atoms with E-state index < -0.39 is 0 Å². The molecule has 1 aromatic carbocycles. The molecule has 7 rings (SSSR count). The van der Waals surface area contributed by atoms with Gasteiger partial charge in [0.25, 0.3) is 5.91 Å². The topological polar surface area (TPSA) is 78.3 Å². The molecule has 178 valence electrons. The van der Waals surface area contributed by atoms with Crippen molar-refractivity contribution in [1.29, 1.82) is 0 Å². The summed E-state index contributed by atoms with van der Waals surface area (Å²) in [5.74, 6) is 1.38. The summed E-state index contributed by atoms with van der Waals surface area (Å²) in [5, 5.41) is 7.87. The minimum atomic E-state index is 0.0179. The third-order valence-corrected chi connectivity index (χ3v) is 7.69. The molecule has 34 heavy (non-hydrogen) atoms. The van der Waals surface area contributed by atoms with E-state index in [1.165, 1.54) is 5.69 Å². The Morgan fingerprint density at radius 3 is 2.38 bits per heavy atom. The second-order valence-corrected chi connectivity index (χ2v) is 10.8. The Hall–Kier alpha value is -3.13. The number of nitrogens with zero attached hydrogens (tertiary/aromatic N) is 5. The molecule has 2 aromatic heterocycles. The molecule has 8 nitrogen and oxygen atoms in total. The van der Waals surface area contributed by atoms with Gasteiger partial charge in [0.05, 0.1) is 0 Å². The van der Waals surface area contributed by atoms with Gasteiger partial charge in [0.1, 0.15) is 11.3 Å². The lowest BCUT2D eigenvalue weighted by atomic mass is 9.49. The van der Waals surface area contributed by atoms with Gasteiger partial charge in [0.2, 0.25) is 5.95 Å². The van der Waals surface area contributed by atoms with Crippen molar-refractivity contribution in [2.24, 2.45) is 5.92 Å². The van der Waals surface area contributed by atoms with Crippen LogP contribution in [-0.4, -0.2) is 64.6 Å². The molecule has 2 unspecified atom stereocenters. The van der Waals surface area contributed by atoms with Crippen LogP contribution in [-0.2, 0) is 5.54 Å². The molecule has 3 aliphatic carbocycles. The highest BCUT2D eigenvalue weighted by Gasteiger charge is 2.59. The molecule has 4 aliphatic rings. The first-order valence-corrected chi connectivity index (χ1v) is 12.3. The lowest BCUT2D eigenvalue weighted by molar-refractivity contribution is -0.0870. The normalized spacial score (nSPS) is 27.8. The summed E-state index contributed by atoms with van der Waals surface area (Å²) >= 11 is 0. The molecule has 1 aliphatic heterocycles. The van der Waals surface area contributed by atoms with Crippen molar-refractivity contribution in [1.82, 2.24) is 24.8 Å². The number of rotatable bonds is 5. The Kier molecular flexibility index (Phi) is 4.85. The number of carbonyl (C=O) groups is 1. The van der Waals surface area contributed by atoms with Crippen LogP contribution in [0.5, 0.6) is 0 Å². The number of aromatic nitrogens is 3. The summed E-state index contributed by atoms with van der Waals surface area (Å²) in [7, 11) is 3.60. The number of anilines is 3. The van der Waals surface area contributed by atoms with Crippen LogP contribution in [0.1, 0.15) is 43.6 Å². The second kappa shape index (κ2) is 7.70. The van der Waals surface area contributed by atoms with Crippen LogP contribution in [0.25, 0.3) is 11.0 Å². The van der Waals surface area contributed by atoms with E-state index >= 15 is 0 Å². The molecule has 0 spiro atoms. The third-order valence-electron chi connectivity index (χ3n) is 7.69. The van der Waals surface area contributed by atoms with Crippen LogP contribution in [0.3, 0.4) is 0 Å². The molecule has 3 heterocycles. The van der Waals surface area contributed by atoms with Crippen LogP contribution in [0, 0.1) is 5.92 Å². The molecule has 3 saturated carbocycles. The number of hydrogen-bond acceptors (Lipinski definition) is 6. The van der Waals surface area contributed by atoms with E-state index in [0.29, 0.717) is 23.7 Å². The highest BCUT2D eigenvalue weighted by Crippen LogP contribution is 2.63. The monoisotopic (exact) mass is 459 g/mol. The van der Waals surface area contributed by atoms with Gasteiger partial charge in [-0.25, -0.2) is 4.98 Å². The summed E-state index contributed by atoms with van der Waals surface area (Å²) in [4.78, 5) is 26.5. The molecule has 0 radical (unpaired) electrons. The predicted molar refractivity (Wildman–Crippen MR) is 135 cm³/mol. The minimum absolute atomic E-state index is 0.0179. The lowest BCUT2D eigenvalue weighted by Gasteiger charge is -2.62. The van der Waals surface area contributed by atoms with Crippen molar-refractivity contribution in [2.45, 2.75) is 50.7 Å². The second-order valence-electron chi connectivity index (χ2n) is 10.8. The summed E-state index contributed by atoms with van der Waals surface area (Å²) < 4.78 is 2.20. The number of amides is 1. The average Bonchev–Trinajstić information content (AvgIpc) is 3.09. The number of hydrogen-bond donors (Lipinski definition) is 2. The smallest absolute Gasteiger partial charge is 0.270 e. The van der Waals surface area contributed by atoms with Gasteiger partial charge in [-0.1, -0.05) is 0 Å². The third kappa shape index (κ3) is 3.43. The van der Waals surface area contributed by atoms with Gasteiger partial charge in [0, 0.05) is 67.8 Å². The van der Waals surface area contributed by atoms with Crippen molar-refractivity contribution in [3.63, 3.8) is 0 Å². The van der Waals surface area contributed by atoms with Crippen molar-refractivity contribution < 1.29 is 4.79 Å². The van der Waals surface area contributed by atoms with Crippen molar-refractivity contribution >= 4 is 34.3 Å². The van der Waals surface area contributed by atoms with Gasteiger partial charge in [-0.15, -0.1) is 0 Å². The Labute approximate surface area is 200 Å². The largest absolute Gasteiger partial charge is 0.368 e. The van der Waals surface area contributed by atoms with E-state index in [4.69, 9.17) is 4.98 Å². The molecule has 1 saturated heterocycles.